The molecule has 0 bridgehead atoms. The lowest BCUT2D eigenvalue weighted by atomic mass is 9.74. The number of ether oxygens (including phenoxy) is 6. The number of methoxy groups -OCH3 is 1. The monoisotopic (exact) mass is 773 g/mol. The van der Waals surface area contributed by atoms with Gasteiger partial charge >= 0.3 is 0 Å². The molecule has 0 aromatic heterocycles. The topological polar surface area (TPSA) is 172 Å². The fourth-order valence-electron chi connectivity index (χ4n) is 9.14. The Balaban J connectivity index is 1.71. The minimum Gasteiger partial charge on any atom is -0.387 e. The Morgan fingerprint density at radius 3 is 2.30 bits per heavy atom. The van der Waals surface area contributed by atoms with Gasteiger partial charge in [-0.15, -0.1) is 0 Å². The van der Waals surface area contributed by atoms with E-state index in [9.17, 15) is 24.9 Å². The Bertz CT molecular complexity index is 1220. The lowest BCUT2D eigenvalue weighted by Gasteiger charge is -2.55. The van der Waals surface area contributed by atoms with Gasteiger partial charge in [0.05, 0.1) is 49.1 Å². The maximum atomic E-state index is 13.9. The SMILES string of the molecule is CO[C@]1(C)C[C@H](O[C@H]2[C@H](C)[C@@H](O[C@@H]3O[C@H](C)C[C@H](N(C)C)[C@H]3O)[C@](C)(O)C[C@@H](C)CN(C)C(=O)CCCNC(=O)[C@@H]2C)O[C@@H](C)[C@]1(O)CN1CCOCC1. The number of likely N-dealkylation sites (N-methyl/N-ethyl adjacent to an activating group) is 1. The van der Waals surface area contributed by atoms with E-state index in [1.54, 1.807) is 32.9 Å². The summed E-state index contributed by atoms with van der Waals surface area (Å²) < 4.78 is 38.0. The Morgan fingerprint density at radius 1 is 1.00 bits per heavy atom. The molecule has 15 nitrogen and oxygen atoms in total. The molecule has 0 unspecified atom stereocenters. The first kappa shape index (κ1) is 45.2. The van der Waals surface area contributed by atoms with Gasteiger partial charge in [-0.05, 0) is 67.0 Å². The highest BCUT2D eigenvalue weighted by Gasteiger charge is 2.59. The van der Waals surface area contributed by atoms with Crippen molar-refractivity contribution in [1.29, 1.82) is 0 Å². The average Bonchev–Trinajstić information content (AvgIpc) is 3.10. The standard InChI is InChI=1S/C39H72N4O11/c1-24-20-37(6,47)34(54-36-32(45)29(41(8)9)19-25(2)51-36)26(3)33(27(4)35(46)40-14-12-13-30(44)42(10)22-24)53-31-21-38(7,49-11)39(48,28(5)52-31)23-43-15-17-50-18-16-43/h24-29,31-34,36,45,47-48H,12-23H2,1-11H3,(H,40,46)/t24-,25-,26+,27-,28+,29+,31+,32-,33+,34-,36+,37-,38-,39-/m1/s1. The average molecular weight is 773 g/mol. The van der Waals surface area contributed by atoms with Crippen molar-refractivity contribution < 1.29 is 53.3 Å². The first-order chi connectivity index (χ1) is 25.2. The zero-order valence-corrected chi connectivity index (χ0v) is 34.8. The lowest BCUT2D eigenvalue weighted by Crippen LogP contribution is -2.70. The van der Waals surface area contributed by atoms with Crippen molar-refractivity contribution in [3.8, 4) is 0 Å². The van der Waals surface area contributed by atoms with Crippen LogP contribution in [0.1, 0.15) is 80.6 Å². The molecule has 0 saturated carbocycles. The molecule has 314 valence electrons. The molecule has 4 rings (SSSR count). The summed E-state index contributed by atoms with van der Waals surface area (Å²) in [6, 6.07) is -0.253. The van der Waals surface area contributed by atoms with Crippen LogP contribution >= 0.6 is 0 Å². The molecule has 4 aliphatic heterocycles. The summed E-state index contributed by atoms with van der Waals surface area (Å²) in [5.74, 6) is -1.89. The van der Waals surface area contributed by atoms with Crippen molar-refractivity contribution in [2.75, 3.05) is 74.2 Å². The number of amides is 2. The maximum Gasteiger partial charge on any atom is 0.225 e. The van der Waals surface area contributed by atoms with E-state index in [1.165, 1.54) is 0 Å². The zero-order valence-electron chi connectivity index (χ0n) is 34.8. The van der Waals surface area contributed by atoms with Crippen LogP contribution in [0.3, 0.4) is 0 Å². The van der Waals surface area contributed by atoms with Gasteiger partial charge in [0.15, 0.2) is 12.6 Å². The molecule has 4 aliphatic rings. The lowest BCUT2D eigenvalue weighted by molar-refractivity contribution is -0.339. The van der Waals surface area contributed by atoms with Crippen molar-refractivity contribution in [1.82, 2.24) is 20.0 Å². The first-order valence-corrected chi connectivity index (χ1v) is 20.0. The third kappa shape index (κ3) is 10.5. The highest BCUT2D eigenvalue weighted by Crippen LogP contribution is 2.43. The molecule has 4 N–H and O–H groups in total. The van der Waals surface area contributed by atoms with Gasteiger partial charge in [-0.2, -0.15) is 0 Å². The van der Waals surface area contributed by atoms with Crippen LogP contribution in [-0.2, 0) is 38.0 Å². The number of nitrogens with zero attached hydrogens (tertiary/aromatic N) is 3. The van der Waals surface area contributed by atoms with Crippen molar-refractivity contribution in [2.24, 2.45) is 17.8 Å². The summed E-state index contributed by atoms with van der Waals surface area (Å²) in [5.41, 5.74) is -4.01. The number of carbonyl (C=O) groups is 2. The molecule has 4 fully saturated rings. The van der Waals surface area contributed by atoms with Gasteiger partial charge < -0.3 is 58.9 Å². The van der Waals surface area contributed by atoms with Crippen LogP contribution in [0.4, 0.5) is 0 Å². The van der Waals surface area contributed by atoms with Gasteiger partial charge in [0.25, 0.3) is 0 Å². The van der Waals surface area contributed by atoms with Gasteiger partial charge in [0.2, 0.25) is 11.8 Å². The predicted molar refractivity (Wildman–Crippen MR) is 201 cm³/mol. The molecule has 0 aromatic rings. The fourth-order valence-corrected chi connectivity index (χ4v) is 9.14. The van der Waals surface area contributed by atoms with E-state index in [4.69, 9.17) is 28.4 Å². The second kappa shape index (κ2) is 18.8. The Morgan fingerprint density at radius 2 is 1.67 bits per heavy atom. The van der Waals surface area contributed by atoms with Gasteiger partial charge in [0.1, 0.15) is 17.3 Å². The van der Waals surface area contributed by atoms with Crippen LogP contribution in [0.25, 0.3) is 0 Å². The quantitative estimate of drug-likeness (QED) is 0.278. The van der Waals surface area contributed by atoms with Gasteiger partial charge in [-0.3, -0.25) is 14.5 Å². The second-order valence-electron chi connectivity index (χ2n) is 17.4. The normalized spacial score (nSPS) is 44.4. The number of carbonyl (C=O) groups excluding carboxylic acids is 2. The molecule has 0 aliphatic carbocycles. The summed E-state index contributed by atoms with van der Waals surface area (Å²) in [6.07, 6.45) is -4.09. The van der Waals surface area contributed by atoms with E-state index in [-0.39, 0.29) is 49.1 Å². The summed E-state index contributed by atoms with van der Waals surface area (Å²) in [7, 11) is 7.12. The molecule has 54 heavy (non-hydrogen) atoms. The number of hydrogen-bond donors (Lipinski definition) is 4. The largest absolute Gasteiger partial charge is 0.387 e. The van der Waals surface area contributed by atoms with Crippen LogP contribution in [0.15, 0.2) is 0 Å². The number of morpholine rings is 1. The van der Waals surface area contributed by atoms with Crippen molar-refractivity contribution in [2.45, 2.75) is 147 Å². The van der Waals surface area contributed by atoms with Crippen molar-refractivity contribution in [3.63, 3.8) is 0 Å². The van der Waals surface area contributed by atoms with Crippen LogP contribution in [-0.4, -0.2) is 182 Å². The predicted octanol–water partition coefficient (Wildman–Crippen LogP) is 1.20. The number of aliphatic hydroxyl groups is 3. The number of hydrogen-bond acceptors (Lipinski definition) is 13. The van der Waals surface area contributed by atoms with Crippen LogP contribution in [0, 0.1) is 17.8 Å². The Labute approximate surface area is 323 Å². The molecule has 2 amide bonds. The number of rotatable bonds is 8. The molecule has 0 radical (unpaired) electrons. The van der Waals surface area contributed by atoms with E-state index in [0.717, 1.165) is 0 Å². The van der Waals surface area contributed by atoms with E-state index < -0.39 is 65.6 Å². The molecule has 4 saturated heterocycles. The molecule has 0 aromatic carbocycles. The Kier molecular flexibility index (Phi) is 15.8. The minimum absolute atomic E-state index is 0.0400. The summed E-state index contributed by atoms with van der Waals surface area (Å²) >= 11 is 0. The molecular weight excluding hydrogens is 700 g/mol. The van der Waals surface area contributed by atoms with Crippen LogP contribution in [0.2, 0.25) is 0 Å². The van der Waals surface area contributed by atoms with Crippen LogP contribution in [0.5, 0.6) is 0 Å². The van der Waals surface area contributed by atoms with Gasteiger partial charge in [-0.25, -0.2) is 0 Å². The number of β-amino-alcohol motifs (C(OH)–C–C–N with tert-alkyl or cyclic N) is 1. The van der Waals surface area contributed by atoms with E-state index >= 15 is 0 Å². The Hall–Kier alpha value is -1.50. The molecule has 15 heteroatoms. The summed E-state index contributed by atoms with van der Waals surface area (Å²) in [5, 5.41) is 39.3. The highest BCUT2D eigenvalue weighted by atomic mass is 16.7. The highest BCUT2D eigenvalue weighted by molar-refractivity contribution is 5.79. The van der Waals surface area contributed by atoms with Crippen molar-refractivity contribution in [3.05, 3.63) is 0 Å². The zero-order chi connectivity index (χ0) is 40.2. The molecule has 0 spiro atoms. The van der Waals surface area contributed by atoms with E-state index in [2.05, 4.69) is 10.2 Å². The van der Waals surface area contributed by atoms with Crippen LogP contribution < -0.4 is 5.32 Å². The third-order valence-corrected chi connectivity index (χ3v) is 12.5. The summed E-state index contributed by atoms with van der Waals surface area (Å²) in [6.45, 7) is 16.5. The van der Waals surface area contributed by atoms with E-state index in [1.807, 2.05) is 53.6 Å². The van der Waals surface area contributed by atoms with Gasteiger partial charge in [-0.1, -0.05) is 20.8 Å². The molecular formula is C39H72N4O11. The van der Waals surface area contributed by atoms with E-state index in [0.29, 0.717) is 58.8 Å². The summed E-state index contributed by atoms with van der Waals surface area (Å²) in [4.78, 5) is 32.6. The number of nitrogens with one attached hydrogen (secondary N) is 1. The number of aliphatic hydroxyl groups excluding tert-OH is 1. The minimum atomic E-state index is -1.53. The smallest absolute Gasteiger partial charge is 0.225 e. The van der Waals surface area contributed by atoms with Crippen molar-refractivity contribution >= 4 is 11.8 Å². The third-order valence-electron chi connectivity index (χ3n) is 12.5. The fraction of sp³-hybridized carbons (Fsp3) is 0.949. The van der Waals surface area contributed by atoms with Gasteiger partial charge in [0, 0.05) is 71.7 Å². The molecule has 4 heterocycles. The first-order valence-electron chi connectivity index (χ1n) is 20.0. The molecule has 14 atom stereocenters. The second-order valence-corrected chi connectivity index (χ2v) is 17.4. The maximum absolute atomic E-state index is 13.9.